The van der Waals surface area contributed by atoms with Gasteiger partial charge in [0.2, 0.25) is 0 Å². The number of anilines is 1. The van der Waals surface area contributed by atoms with Gasteiger partial charge in [0.25, 0.3) is 5.91 Å². The zero-order valence-electron chi connectivity index (χ0n) is 14.1. The van der Waals surface area contributed by atoms with Gasteiger partial charge in [0.05, 0.1) is 17.5 Å². The molecule has 3 aromatic rings. The number of nitrogens with zero attached hydrogens (tertiary/aromatic N) is 2. The van der Waals surface area contributed by atoms with Crippen molar-refractivity contribution >= 4 is 23.2 Å². The smallest absolute Gasteiger partial charge is 0.255 e. The van der Waals surface area contributed by atoms with E-state index in [1.807, 2.05) is 55.4 Å². The van der Waals surface area contributed by atoms with Crippen LogP contribution in [0.3, 0.4) is 0 Å². The minimum Gasteiger partial charge on any atom is -0.378 e. The highest BCUT2D eigenvalue weighted by Crippen LogP contribution is 2.24. The van der Waals surface area contributed by atoms with Crippen molar-refractivity contribution in [3.8, 4) is 11.3 Å². The highest BCUT2D eigenvalue weighted by Gasteiger charge is 2.15. The first kappa shape index (κ1) is 17.0. The van der Waals surface area contributed by atoms with E-state index >= 15 is 0 Å². The number of rotatable bonds is 5. The largest absolute Gasteiger partial charge is 0.378 e. The van der Waals surface area contributed by atoms with E-state index in [1.54, 1.807) is 12.1 Å². The number of hydrogen-bond donors (Lipinski definition) is 2. The summed E-state index contributed by atoms with van der Waals surface area (Å²) < 4.78 is 0. The maximum absolute atomic E-state index is 12.5. The molecule has 0 aliphatic carbocycles. The second-order valence-electron chi connectivity index (χ2n) is 5.91. The highest BCUT2D eigenvalue weighted by molar-refractivity contribution is 6.30. The van der Waals surface area contributed by atoms with Gasteiger partial charge in [-0.2, -0.15) is 5.10 Å². The van der Waals surface area contributed by atoms with E-state index in [-0.39, 0.29) is 5.91 Å². The van der Waals surface area contributed by atoms with Crippen molar-refractivity contribution in [2.45, 2.75) is 6.54 Å². The Morgan fingerprint density at radius 1 is 1.20 bits per heavy atom. The van der Waals surface area contributed by atoms with E-state index in [0.717, 1.165) is 16.8 Å². The number of carbonyl (C=O) groups is 1. The average molecular weight is 355 g/mol. The van der Waals surface area contributed by atoms with Crippen LogP contribution in [0.4, 0.5) is 5.69 Å². The number of aromatic amines is 1. The number of benzene rings is 2. The van der Waals surface area contributed by atoms with Gasteiger partial charge in [-0.05, 0) is 29.8 Å². The first-order chi connectivity index (χ1) is 12.0. The molecule has 1 aromatic heterocycles. The predicted molar refractivity (Wildman–Crippen MR) is 101 cm³/mol. The van der Waals surface area contributed by atoms with Crippen LogP contribution in [0.1, 0.15) is 15.9 Å². The summed E-state index contributed by atoms with van der Waals surface area (Å²) in [5.74, 6) is -0.180. The third-order valence-corrected chi connectivity index (χ3v) is 4.14. The molecule has 0 saturated heterocycles. The van der Waals surface area contributed by atoms with Crippen LogP contribution in [0, 0.1) is 0 Å². The predicted octanol–water partition coefficient (Wildman–Crippen LogP) is 3.73. The van der Waals surface area contributed by atoms with Crippen molar-refractivity contribution in [3.05, 3.63) is 70.9 Å². The topological polar surface area (TPSA) is 61.0 Å². The lowest BCUT2D eigenvalue weighted by Gasteiger charge is -2.13. The molecule has 0 bridgehead atoms. The molecule has 1 heterocycles. The maximum atomic E-state index is 12.5. The van der Waals surface area contributed by atoms with Gasteiger partial charge in [0.15, 0.2) is 0 Å². The van der Waals surface area contributed by atoms with Crippen LogP contribution in [-0.4, -0.2) is 30.2 Å². The lowest BCUT2D eigenvalue weighted by atomic mass is 10.1. The van der Waals surface area contributed by atoms with Gasteiger partial charge in [0.1, 0.15) is 0 Å². The molecule has 0 aliphatic heterocycles. The molecule has 1 amide bonds. The fourth-order valence-corrected chi connectivity index (χ4v) is 2.70. The Kier molecular flexibility index (Phi) is 5.05. The molecule has 0 fully saturated rings. The van der Waals surface area contributed by atoms with Gasteiger partial charge < -0.3 is 10.2 Å². The van der Waals surface area contributed by atoms with Crippen molar-refractivity contribution in [3.63, 3.8) is 0 Å². The Balaban J connectivity index is 1.71. The van der Waals surface area contributed by atoms with E-state index in [0.29, 0.717) is 22.8 Å². The Morgan fingerprint density at radius 3 is 2.64 bits per heavy atom. The van der Waals surface area contributed by atoms with Gasteiger partial charge in [-0.25, -0.2) is 0 Å². The molecule has 2 aromatic carbocycles. The summed E-state index contributed by atoms with van der Waals surface area (Å²) in [5.41, 5.74) is 4.13. The fraction of sp³-hybridized carbons (Fsp3) is 0.158. The quantitative estimate of drug-likeness (QED) is 0.734. The third kappa shape index (κ3) is 4.00. The molecule has 0 saturated carbocycles. The monoisotopic (exact) mass is 354 g/mol. The van der Waals surface area contributed by atoms with E-state index in [4.69, 9.17) is 11.6 Å². The molecule has 25 heavy (non-hydrogen) atoms. The van der Waals surface area contributed by atoms with Crippen LogP contribution >= 0.6 is 11.6 Å². The SMILES string of the molecule is CN(C)c1ccc(CNC(=O)c2cn[nH]c2-c2cccc(Cl)c2)cc1. The van der Waals surface area contributed by atoms with Gasteiger partial charge in [-0.15, -0.1) is 0 Å². The normalized spacial score (nSPS) is 10.5. The first-order valence-electron chi connectivity index (χ1n) is 7.88. The highest BCUT2D eigenvalue weighted by atomic mass is 35.5. The van der Waals surface area contributed by atoms with E-state index in [1.165, 1.54) is 6.20 Å². The summed E-state index contributed by atoms with van der Waals surface area (Å²) in [4.78, 5) is 14.6. The zero-order chi connectivity index (χ0) is 17.8. The number of carbonyl (C=O) groups excluding carboxylic acids is 1. The van der Waals surface area contributed by atoms with Crippen molar-refractivity contribution in [2.75, 3.05) is 19.0 Å². The molecule has 128 valence electrons. The minimum absolute atomic E-state index is 0.180. The molecular formula is C19H19ClN4O. The standard InChI is InChI=1S/C19H19ClN4O/c1-24(2)16-8-6-13(7-9-16)11-21-19(25)17-12-22-23-18(17)14-4-3-5-15(20)10-14/h3-10,12H,11H2,1-2H3,(H,21,25)(H,22,23). The summed E-state index contributed by atoms with van der Waals surface area (Å²) in [6.45, 7) is 0.451. The number of aromatic nitrogens is 2. The van der Waals surface area contributed by atoms with Gasteiger partial charge >= 0.3 is 0 Å². The first-order valence-corrected chi connectivity index (χ1v) is 8.26. The second kappa shape index (κ2) is 7.40. The number of H-pyrrole nitrogens is 1. The lowest BCUT2D eigenvalue weighted by molar-refractivity contribution is 0.0951. The minimum atomic E-state index is -0.180. The number of halogens is 1. The Labute approximate surface area is 151 Å². The summed E-state index contributed by atoms with van der Waals surface area (Å²) in [7, 11) is 3.99. The molecule has 0 aliphatic rings. The molecular weight excluding hydrogens is 336 g/mol. The summed E-state index contributed by atoms with van der Waals surface area (Å²) >= 11 is 6.03. The number of nitrogens with one attached hydrogen (secondary N) is 2. The van der Waals surface area contributed by atoms with E-state index < -0.39 is 0 Å². The van der Waals surface area contributed by atoms with Crippen molar-refractivity contribution < 1.29 is 4.79 Å². The average Bonchev–Trinajstić information content (AvgIpc) is 3.10. The van der Waals surface area contributed by atoms with E-state index in [9.17, 15) is 4.79 Å². The molecule has 0 unspecified atom stereocenters. The van der Waals surface area contributed by atoms with Gasteiger partial charge in [0, 0.05) is 36.9 Å². The number of amides is 1. The summed E-state index contributed by atoms with van der Waals surface area (Å²) in [6.07, 6.45) is 1.53. The van der Waals surface area contributed by atoms with Gasteiger partial charge in [-0.1, -0.05) is 35.9 Å². The molecule has 0 spiro atoms. The molecule has 2 N–H and O–H groups in total. The van der Waals surface area contributed by atoms with Crippen molar-refractivity contribution in [1.29, 1.82) is 0 Å². The second-order valence-corrected chi connectivity index (χ2v) is 6.35. The molecule has 0 atom stereocenters. The number of hydrogen-bond acceptors (Lipinski definition) is 3. The lowest BCUT2D eigenvalue weighted by Crippen LogP contribution is -2.23. The summed E-state index contributed by atoms with van der Waals surface area (Å²) in [5, 5.41) is 10.4. The fourth-order valence-electron chi connectivity index (χ4n) is 2.51. The van der Waals surface area contributed by atoms with Crippen LogP contribution in [0.25, 0.3) is 11.3 Å². The Bertz CT molecular complexity index is 871. The van der Waals surface area contributed by atoms with Crippen LogP contribution in [0.2, 0.25) is 5.02 Å². The van der Waals surface area contributed by atoms with Crippen molar-refractivity contribution in [2.24, 2.45) is 0 Å². The molecule has 3 rings (SSSR count). The third-order valence-electron chi connectivity index (χ3n) is 3.90. The van der Waals surface area contributed by atoms with Crippen LogP contribution in [0.15, 0.2) is 54.7 Å². The Hall–Kier alpha value is -2.79. The van der Waals surface area contributed by atoms with E-state index in [2.05, 4.69) is 15.5 Å². The maximum Gasteiger partial charge on any atom is 0.255 e. The summed E-state index contributed by atoms with van der Waals surface area (Å²) in [6, 6.07) is 15.4. The molecule has 5 nitrogen and oxygen atoms in total. The zero-order valence-corrected chi connectivity index (χ0v) is 14.8. The molecule has 0 radical (unpaired) electrons. The Morgan fingerprint density at radius 2 is 1.96 bits per heavy atom. The van der Waals surface area contributed by atoms with Crippen molar-refractivity contribution in [1.82, 2.24) is 15.5 Å². The van der Waals surface area contributed by atoms with Gasteiger partial charge in [-0.3, -0.25) is 9.89 Å². The van der Waals surface area contributed by atoms with Crippen LogP contribution in [-0.2, 0) is 6.54 Å². The molecule has 6 heteroatoms. The van der Waals surface area contributed by atoms with Crippen LogP contribution in [0.5, 0.6) is 0 Å². The van der Waals surface area contributed by atoms with Crippen LogP contribution < -0.4 is 10.2 Å².